The van der Waals surface area contributed by atoms with E-state index in [9.17, 15) is 0 Å². The molecule has 144 valence electrons. The molecule has 0 amide bonds. The SMILES string of the molecule is NCCCC(C[C@@H]1CCc2ccccc2N1)N[C@H]1CCCc2cccnc21. The van der Waals surface area contributed by atoms with Gasteiger partial charge in [0.25, 0.3) is 0 Å². The minimum atomic E-state index is 0.383. The highest BCUT2D eigenvalue weighted by atomic mass is 15.0. The van der Waals surface area contributed by atoms with Crippen molar-refractivity contribution in [3.63, 3.8) is 0 Å². The highest BCUT2D eigenvalue weighted by Gasteiger charge is 2.26. The Kier molecular flexibility index (Phi) is 6.05. The van der Waals surface area contributed by atoms with Crippen LogP contribution in [0.5, 0.6) is 0 Å². The maximum atomic E-state index is 5.83. The molecular weight excluding hydrogens is 332 g/mol. The normalized spacial score (nSPS) is 22.4. The Balaban J connectivity index is 1.43. The smallest absolute Gasteiger partial charge is 0.0605 e. The summed E-state index contributed by atoms with van der Waals surface area (Å²) in [5.41, 5.74) is 11.3. The first-order valence-corrected chi connectivity index (χ1v) is 10.6. The van der Waals surface area contributed by atoms with Crippen molar-refractivity contribution < 1.29 is 0 Å². The number of anilines is 1. The van der Waals surface area contributed by atoms with Crippen molar-refractivity contribution in [2.45, 2.75) is 69.5 Å². The Morgan fingerprint density at radius 1 is 1.11 bits per heavy atom. The highest BCUT2D eigenvalue weighted by molar-refractivity contribution is 5.53. The van der Waals surface area contributed by atoms with Gasteiger partial charge >= 0.3 is 0 Å². The molecule has 0 fully saturated rings. The highest BCUT2D eigenvalue weighted by Crippen LogP contribution is 2.30. The van der Waals surface area contributed by atoms with E-state index in [0.29, 0.717) is 18.1 Å². The first kappa shape index (κ1) is 18.5. The number of benzene rings is 1. The van der Waals surface area contributed by atoms with Crippen LogP contribution < -0.4 is 16.4 Å². The molecule has 0 saturated heterocycles. The van der Waals surface area contributed by atoms with Crippen LogP contribution in [0.1, 0.15) is 61.4 Å². The lowest BCUT2D eigenvalue weighted by Crippen LogP contribution is -2.40. The van der Waals surface area contributed by atoms with Crippen molar-refractivity contribution in [3.8, 4) is 0 Å². The van der Waals surface area contributed by atoms with E-state index in [-0.39, 0.29) is 0 Å². The van der Waals surface area contributed by atoms with Crippen molar-refractivity contribution in [2.24, 2.45) is 5.73 Å². The third-order valence-corrected chi connectivity index (χ3v) is 6.10. The van der Waals surface area contributed by atoms with Crippen molar-refractivity contribution in [2.75, 3.05) is 11.9 Å². The van der Waals surface area contributed by atoms with Gasteiger partial charge in [-0.15, -0.1) is 0 Å². The number of fused-ring (bicyclic) bond motifs is 2. The van der Waals surface area contributed by atoms with Gasteiger partial charge in [-0.3, -0.25) is 4.98 Å². The zero-order valence-corrected chi connectivity index (χ0v) is 16.2. The van der Waals surface area contributed by atoms with Crippen LogP contribution in [-0.4, -0.2) is 23.6 Å². The lowest BCUT2D eigenvalue weighted by molar-refractivity contribution is 0.338. The first-order valence-electron chi connectivity index (χ1n) is 10.6. The molecule has 4 N–H and O–H groups in total. The third kappa shape index (κ3) is 4.50. The predicted molar refractivity (Wildman–Crippen MR) is 112 cm³/mol. The number of aromatic nitrogens is 1. The lowest BCUT2D eigenvalue weighted by atomic mass is 9.89. The number of aryl methyl sites for hydroxylation is 2. The predicted octanol–water partition coefficient (Wildman–Crippen LogP) is 3.97. The molecular formula is C23H32N4. The molecule has 2 aromatic rings. The van der Waals surface area contributed by atoms with Crippen LogP contribution in [0.2, 0.25) is 0 Å². The Hall–Kier alpha value is -1.91. The molecule has 3 atom stereocenters. The maximum absolute atomic E-state index is 5.83. The molecule has 1 aliphatic carbocycles. The van der Waals surface area contributed by atoms with Crippen molar-refractivity contribution in [1.29, 1.82) is 0 Å². The maximum Gasteiger partial charge on any atom is 0.0605 e. The molecule has 27 heavy (non-hydrogen) atoms. The summed E-state index contributed by atoms with van der Waals surface area (Å²) in [4.78, 5) is 4.71. The van der Waals surface area contributed by atoms with E-state index in [1.165, 1.54) is 48.2 Å². The van der Waals surface area contributed by atoms with E-state index in [0.717, 1.165) is 32.2 Å². The van der Waals surface area contributed by atoms with Gasteiger partial charge < -0.3 is 16.4 Å². The molecule has 2 heterocycles. The summed E-state index contributed by atoms with van der Waals surface area (Å²) in [5.74, 6) is 0. The fraction of sp³-hybridized carbons (Fsp3) is 0.522. The summed E-state index contributed by atoms with van der Waals surface area (Å²) in [7, 11) is 0. The van der Waals surface area contributed by atoms with Gasteiger partial charge in [0, 0.05) is 30.0 Å². The van der Waals surface area contributed by atoms with Crippen molar-refractivity contribution in [1.82, 2.24) is 10.3 Å². The average Bonchev–Trinajstić information content (AvgIpc) is 2.72. The van der Waals surface area contributed by atoms with E-state index >= 15 is 0 Å². The van der Waals surface area contributed by atoms with Crippen molar-refractivity contribution >= 4 is 5.69 Å². The van der Waals surface area contributed by atoms with Gasteiger partial charge in [-0.05, 0) is 81.2 Å². The quantitative estimate of drug-likeness (QED) is 0.695. The van der Waals surface area contributed by atoms with Crippen LogP contribution in [0, 0.1) is 0 Å². The number of para-hydroxylation sites is 1. The van der Waals surface area contributed by atoms with Crippen LogP contribution in [0.4, 0.5) is 5.69 Å². The molecule has 4 nitrogen and oxygen atoms in total. The summed E-state index contributed by atoms with van der Waals surface area (Å²) in [6.07, 6.45) is 11.3. The van der Waals surface area contributed by atoms with Gasteiger partial charge in [0.2, 0.25) is 0 Å². The second kappa shape index (κ2) is 8.85. The molecule has 0 spiro atoms. The number of nitrogens with two attached hydrogens (primary N) is 1. The fourth-order valence-electron chi connectivity index (χ4n) is 4.71. The standard InChI is InChI=1S/C23H32N4/c24-14-4-9-19(16-20-13-12-17-6-1-2-10-21(17)26-20)27-22-11-3-7-18-8-5-15-25-23(18)22/h1-2,5-6,8,10,15,19-20,22,26-27H,3-4,7,9,11-14,16,24H2/t19?,20-,22-/m0/s1. The van der Waals surface area contributed by atoms with Crippen LogP contribution >= 0.6 is 0 Å². The summed E-state index contributed by atoms with van der Waals surface area (Å²) < 4.78 is 0. The van der Waals surface area contributed by atoms with Gasteiger partial charge in [0.15, 0.2) is 0 Å². The van der Waals surface area contributed by atoms with E-state index in [1.807, 2.05) is 6.20 Å². The second-order valence-electron chi connectivity index (χ2n) is 8.06. The van der Waals surface area contributed by atoms with Crippen LogP contribution in [0.25, 0.3) is 0 Å². The number of hydrogen-bond acceptors (Lipinski definition) is 4. The zero-order valence-electron chi connectivity index (χ0n) is 16.2. The van der Waals surface area contributed by atoms with Crippen LogP contribution in [0.15, 0.2) is 42.6 Å². The molecule has 0 bridgehead atoms. The van der Waals surface area contributed by atoms with E-state index in [1.54, 1.807) is 0 Å². The second-order valence-corrected chi connectivity index (χ2v) is 8.06. The Morgan fingerprint density at radius 2 is 2.00 bits per heavy atom. The zero-order chi connectivity index (χ0) is 18.5. The number of nitrogens with zero attached hydrogens (tertiary/aromatic N) is 1. The van der Waals surface area contributed by atoms with Gasteiger partial charge in [-0.2, -0.15) is 0 Å². The number of hydrogen-bond donors (Lipinski definition) is 3. The molecule has 2 aliphatic rings. The summed E-state index contributed by atoms with van der Waals surface area (Å²) in [6.45, 7) is 0.763. The number of rotatable bonds is 7. The number of nitrogens with one attached hydrogen (secondary N) is 2. The van der Waals surface area contributed by atoms with Crippen molar-refractivity contribution in [3.05, 3.63) is 59.4 Å². The molecule has 0 saturated carbocycles. The fourth-order valence-corrected chi connectivity index (χ4v) is 4.71. The van der Waals surface area contributed by atoms with Gasteiger partial charge in [-0.25, -0.2) is 0 Å². The minimum absolute atomic E-state index is 0.383. The third-order valence-electron chi connectivity index (χ3n) is 6.10. The van der Waals surface area contributed by atoms with E-state index < -0.39 is 0 Å². The summed E-state index contributed by atoms with van der Waals surface area (Å²) in [5, 5.41) is 7.73. The topological polar surface area (TPSA) is 63.0 Å². The van der Waals surface area contributed by atoms with Gasteiger partial charge in [0.05, 0.1) is 5.69 Å². The monoisotopic (exact) mass is 364 g/mol. The lowest BCUT2D eigenvalue weighted by Gasteiger charge is -2.34. The van der Waals surface area contributed by atoms with E-state index in [2.05, 4.69) is 47.0 Å². The molecule has 1 unspecified atom stereocenters. The largest absolute Gasteiger partial charge is 0.382 e. The van der Waals surface area contributed by atoms with Gasteiger partial charge in [-0.1, -0.05) is 24.3 Å². The van der Waals surface area contributed by atoms with E-state index in [4.69, 9.17) is 10.7 Å². The van der Waals surface area contributed by atoms with Crippen LogP contribution in [-0.2, 0) is 12.8 Å². The molecule has 1 aromatic carbocycles. The molecule has 4 rings (SSSR count). The summed E-state index contributed by atoms with van der Waals surface area (Å²) in [6, 6.07) is 14.4. The Bertz CT molecular complexity index is 745. The summed E-state index contributed by atoms with van der Waals surface area (Å²) >= 11 is 0. The Labute approximate surface area is 163 Å². The van der Waals surface area contributed by atoms with Crippen LogP contribution in [0.3, 0.4) is 0 Å². The molecule has 0 radical (unpaired) electrons. The first-order chi connectivity index (χ1) is 13.3. The average molecular weight is 365 g/mol. The van der Waals surface area contributed by atoms with Gasteiger partial charge in [0.1, 0.15) is 0 Å². The minimum Gasteiger partial charge on any atom is -0.382 e. The molecule has 1 aromatic heterocycles. The molecule has 1 aliphatic heterocycles. The Morgan fingerprint density at radius 3 is 2.93 bits per heavy atom. The number of pyridine rings is 1. The molecule has 4 heteroatoms.